The normalized spacial score (nSPS) is 16.0. The zero-order valence-electron chi connectivity index (χ0n) is 14.0. The molecule has 132 valence electrons. The molecule has 0 radical (unpaired) electrons. The number of carbonyl (C=O) groups excluding carboxylic acids is 1. The first kappa shape index (κ1) is 17.5. The van der Waals surface area contributed by atoms with Gasteiger partial charge in [0.25, 0.3) is 0 Å². The number of benzene rings is 2. The fourth-order valence-corrected chi connectivity index (χ4v) is 3.54. The van der Waals surface area contributed by atoms with Crippen molar-refractivity contribution in [2.75, 3.05) is 26.6 Å². The molecule has 0 aliphatic carbocycles. The van der Waals surface area contributed by atoms with Crippen molar-refractivity contribution >= 4 is 27.5 Å². The predicted molar refractivity (Wildman–Crippen MR) is 95.3 cm³/mol. The van der Waals surface area contributed by atoms with Crippen molar-refractivity contribution in [2.24, 2.45) is 0 Å². The standard InChI is InChI=1S/C18H17BrFNO4/c1-23-14-8-13-16(18(25-3)17(14)24-2)11(7-15(22)21-13)10-6-9(19)4-5-12(10)20/h4-6,8,11H,7H2,1-3H3,(H,21,22)/t11-/m0/s1. The van der Waals surface area contributed by atoms with Crippen LogP contribution in [0.5, 0.6) is 17.2 Å². The number of fused-ring (bicyclic) bond motifs is 1. The highest BCUT2D eigenvalue weighted by atomic mass is 79.9. The Morgan fingerprint density at radius 2 is 1.84 bits per heavy atom. The monoisotopic (exact) mass is 409 g/mol. The van der Waals surface area contributed by atoms with Crippen LogP contribution >= 0.6 is 15.9 Å². The maximum Gasteiger partial charge on any atom is 0.225 e. The lowest BCUT2D eigenvalue weighted by Crippen LogP contribution is -2.25. The van der Waals surface area contributed by atoms with Gasteiger partial charge in [0.05, 0.1) is 27.0 Å². The van der Waals surface area contributed by atoms with Gasteiger partial charge in [-0.3, -0.25) is 4.79 Å². The molecule has 7 heteroatoms. The zero-order chi connectivity index (χ0) is 18.1. The van der Waals surface area contributed by atoms with Crippen LogP contribution < -0.4 is 19.5 Å². The van der Waals surface area contributed by atoms with Gasteiger partial charge in [-0.05, 0) is 23.8 Å². The molecule has 0 unspecified atom stereocenters. The summed E-state index contributed by atoms with van der Waals surface area (Å²) in [6.45, 7) is 0. The third kappa shape index (κ3) is 3.04. The molecule has 0 saturated heterocycles. The fourth-order valence-electron chi connectivity index (χ4n) is 3.16. The van der Waals surface area contributed by atoms with E-state index in [1.807, 2.05) is 0 Å². The summed E-state index contributed by atoms with van der Waals surface area (Å²) in [6, 6.07) is 6.34. The Hall–Kier alpha value is -2.28. The van der Waals surface area contributed by atoms with Crippen LogP contribution in [0.2, 0.25) is 0 Å². The average molecular weight is 410 g/mol. The summed E-state index contributed by atoms with van der Waals surface area (Å²) in [7, 11) is 4.50. The Morgan fingerprint density at radius 1 is 1.12 bits per heavy atom. The first-order chi connectivity index (χ1) is 12.0. The summed E-state index contributed by atoms with van der Waals surface area (Å²) in [5, 5.41) is 2.81. The van der Waals surface area contributed by atoms with Crippen molar-refractivity contribution in [3.8, 4) is 17.2 Å². The highest BCUT2D eigenvalue weighted by Crippen LogP contribution is 2.51. The van der Waals surface area contributed by atoms with Gasteiger partial charge in [0.1, 0.15) is 5.82 Å². The van der Waals surface area contributed by atoms with E-state index in [4.69, 9.17) is 14.2 Å². The molecule has 1 N–H and O–H groups in total. The van der Waals surface area contributed by atoms with Crippen LogP contribution in [0, 0.1) is 5.82 Å². The molecule has 0 fully saturated rings. The molecule has 1 aliphatic rings. The van der Waals surface area contributed by atoms with Crippen LogP contribution in [-0.4, -0.2) is 27.2 Å². The van der Waals surface area contributed by atoms with E-state index in [1.165, 1.54) is 27.4 Å². The molecule has 1 amide bonds. The van der Waals surface area contributed by atoms with Crippen molar-refractivity contribution < 1.29 is 23.4 Å². The van der Waals surface area contributed by atoms with Crippen molar-refractivity contribution in [1.82, 2.24) is 0 Å². The molecule has 2 aromatic carbocycles. The molecule has 0 aromatic heterocycles. The van der Waals surface area contributed by atoms with Gasteiger partial charge in [-0.15, -0.1) is 0 Å². The van der Waals surface area contributed by atoms with E-state index in [-0.39, 0.29) is 18.1 Å². The summed E-state index contributed by atoms with van der Waals surface area (Å²) in [5.41, 5.74) is 1.60. The van der Waals surface area contributed by atoms with Gasteiger partial charge in [0, 0.05) is 28.4 Å². The predicted octanol–water partition coefficient (Wildman–Crippen LogP) is 4.09. The number of rotatable bonds is 4. The molecular formula is C18H17BrFNO4. The molecule has 1 aliphatic heterocycles. The fraction of sp³-hybridized carbons (Fsp3) is 0.278. The van der Waals surface area contributed by atoms with E-state index in [1.54, 1.807) is 18.2 Å². The van der Waals surface area contributed by atoms with Gasteiger partial charge in [-0.1, -0.05) is 15.9 Å². The molecule has 5 nitrogen and oxygen atoms in total. The Labute approximate surface area is 153 Å². The van der Waals surface area contributed by atoms with Crippen LogP contribution in [0.1, 0.15) is 23.5 Å². The lowest BCUT2D eigenvalue weighted by molar-refractivity contribution is -0.116. The molecule has 1 atom stereocenters. The number of carbonyl (C=O) groups is 1. The van der Waals surface area contributed by atoms with E-state index in [2.05, 4.69) is 21.2 Å². The maximum absolute atomic E-state index is 14.5. The molecule has 2 aromatic rings. The Kier molecular flexibility index (Phi) is 4.85. The van der Waals surface area contributed by atoms with Crippen molar-refractivity contribution in [2.45, 2.75) is 12.3 Å². The molecule has 0 bridgehead atoms. The summed E-state index contributed by atoms with van der Waals surface area (Å²) in [6.07, 6.45) is 0.103. The number of ether oxygens (including phenoxy) is 3. The molecule has 1 heterocycles. The number of amides is 1. The third-order valence-electron chi connectivity index (χ3n) is 4.21. The SMILES string of the molecule is COc1cc2c(c(OC)c1OC)[C@H](c1cc(Br)ccc1F)CC(=O)N2. The van der Waals surface area contributed by atoms with E-state index in [0.717, 1.165) is 4.47 Å². The lowest BCUT2D eigenvalue weighted by Gasteiger charge is -2.29. The number of methoxy groups -OCH3 is 3. The third-order valence-corrected chi connectivity index (χ3v) is 4.71. The Morgan fingerprint density at radius 3 is 2.48 bits per heavy atom. The number of halogens is 2. The van der Waals surface area contributed by atoms with Gasteiger partial charge in [-0.25, -0.2) is 4.39 Å². The summed E-state index contributed by atoms with van der Waals surface area (Å²) >= 11 is 3.36. The van der Waals surface area contributed by atoms with Crippen LogP contribution in [0.25, 0.3) is 0 Å². The number of nitrogens with one attached hydrogen (secondary N) is 1. The highest BCUT2D eigenvalue weighted by Gasteiger charge is 2.34. The van der Waals surface area contributed by atoms with Gasteiger partial charge in [0.15, 0.2) is 11.5 Å². The summed E-state index contributed by atoms with van der Waals surface area (Å²) in [4.78, 5) is 12.2. The second kappa shape index (κ2) is 6.92. The smallest absolute Gasteiger partial charge is 0.225 e. The minimum absolute atomic E-state index is 0.103. The van der Waals surface area contributed by atoms with Gasteiger partial charge >= 0.3 is 0 Å². The average Bonchev–Trinajstić information content (AvgIpc) is 2.61. The van der Waals surface area contributed by atoms with E-state index >= 15 is 0 Å². The molecule has 25 heavy (non-hydrogen) atoms. The lowest BCUT2D eigenvalue weighted by atomic mass is 9.83. The first-order valence-corrected chi connectivity index (χ1v) is 8.37. The quantitative estimate of drug-likeness (QED) is 0.825. The Balaban J connectivity index is 2.29. The van der Waals surface area contributed by atoms with Crippen molar-refractivity contribution in [3.63, 3.8) is 0 Å². The van der Waals surface area contributed by atoms with E-state index < -0.39 is 5.92 Å². The maximum atomic E-state index is 14.5. The second-order valence-electron chi connectivity index (χ2n) is 5.58. The minimum Gasteiger partial charge on any atom is -0.493 e. The van der Waals surface area contributed by atoms with Crippen LogP contribution in [-0.2, 0) is 4.79 Å². The molecule has 3 rings (SSSR count). The number of hydrogen-bond acceptors (Lipinski definition) is 4. The zero-order valence-corrected chi connectivity index (χ0v) is 15.6. The highest BCUT2D eigenvalue weighted by molar-refractivity contribution is 9.10. The molecule has 0 spiro atoms. The largest absolute Gasteiger partial charge is 0.493 e. The van der Waals surface area contributed by atoms with Gasteiger partial charge in [0.2, 0.25) is 11.7 Å². The summed E-state index contributed by atoms with van der Waals surface area (Å²) < 4.78 is 31.5. The topological polar surface area (TPSA) is 56.8 Å². The Bertz CT molecular complexity index is 840. The number of anilines is 1. The first-order valence-electron chi connectivity index (χ1n) is 7.57. The van der Waals surface area contributed by atoms with Gasteiger partial charge in [-0.2, -0.15) is 0 Å². The summed E-state index contributed by atoms with van der Waals surface area (Å²) in [5.74, 6) is 0.156. The van der Waals surface area contributed by atoms with E-state index in [0.29, 0.717) is 34.1 Å². The number of hydrogen-bond donors (Lipinski definition) is 1. The molecule has 0 saturated carbocycles. The van der Waals surface area contributed by atoms with Crippen LogP contribution in [0.3, 0.4) is 0 Å². The van der Waals surface area contributed by atoms with Crippen molar-refractivity contribution in [1.29, 1.82) is 0 Å². The molecular weight excluding hydrogens is 393 g/mol. The van der Waals surface area contributed by atoms with Gasteiger partial charge < -0.3 is 19.5 Å². The van der Waals surface area contributed by atoms with Crippen molar-refractivity contribution in [3.05, 3.63) is 45.7 Å². The minimum atomic E-state index is -0.504. The van der Waals surface area contributed by atoms with Crippen LogP contribution in [0.4, 0.5) is 10.1 Å². The second-order valence-corrected chi connectivity index (χ2v) is 6.49. The van der Waals surface area contributed by atoms with Crippen LogP contribution in [0.15, 0.2) is 28.7 Å². The van der Waals surface area contributed by atoms with E-state index in [9.17, 15) is 9.18 Å².